The molecule has 0 atom stereocenters. The van der Waals surface area contributed by atoms with Crippen molar-refractivity contribution in [2.45, 2.75) is 13.8 Å². The van der Waals surface area contributed by atoms with Gasteiger partial charge in [0.1, 0.15) is 0 Å². The van der Waals surface area contributed by atoms with E-state index < -0.39 is 0 Å². The predicted molar refractivity (Wildman–Crippen MR) is 62.3 cm³/mol. The third-order valence-electron chi connectivity index (χ3n) is 2.47. The van der Waals surface area contributed by atoms with Gasteiger partial charge in [0, 0.05) is 43.4 Å². The molecule has 2 rings (SSSR count). The Morgan fingerprint density at radius 1 is 1.31 bits per heavy atom. The molecular weight excluding hydrogens is 204 g/mol. The molecule has 5 heteroatoms. The van der Waals surface area contributed by atoms with Crippen LogP contribution < -0.4 is 5.32 Å². The van der Waals surface area contributed by atoms with Crippen LogP contribution in [-0.2, 0) is 0 Å². The summed E-state index contributed by atoms with van der Waals surface area (Å²) in [7, 11) is 0. The van der Waals surface area contributed by atoms with Crippen molar-refractivity contribution in [3.63, 3.8) is 0 Å². The smallest absolute Gasteiger partial charge is 0.180 e. The number of aliphatic hydroxyl groups is 1. The summed E-state index contributed by atoms with van der Waals surface area (Å²) in [6.45, 7) is 4.78. The molecular formula is C11H16N4O. The minimum absolute atomic E-state index is 0.136. The topological polar surface area (TPSA) is 62.5 Å². The average molecular weight is 220 g/mol. The zero-order valence-electron chi connectivity index (χ0n) is 9.51. The van der Waals surface area contributed by atoms with Crippen molar-refractivity contribution in [2.75, 3.05) is 18.5 Å². The summed E-state index contributed by atoms with van der Waals surface area (Å²) in [5.74, 6) is 0.744. The van der Waals surface area contributed by atoms with E-state index in [0.29, 0.717) is 6.54 Å². The van der Waals surface area contributed by atoms with E-state index in [1.54, 1.807) is 12.4 Å². The summed E-state index contributed by atoms with van der Waals surface area (Å²) in [5.41, 5.74) is 0.637. The second-order valence-corrected chi connectivity index (χ2v) is 4.61. The molecule has 2 heterocycles. The molecule has 2 N–H and O–H groups in total. The maximum absolute atomic E-state index is 9.16. The molecule has 0 aromatic carbocycles. The van der Waals surface area contributed by atoms with E-state index in [1.807, 2.05) is 30.6 Å². The van der Waals surface area contributed by atoms with Crippen LogP contribution in [0.15, 0.2) is 24.8 Å². The second kappa shape index (κ2) is 4.09. The first kappa shape index (κ1) is 10.9. The van der Waals surface area contributed by atoms with Crippen LogP contribution in [-0.4, -0.2) is 32.6 Å². The van der Waals surface area contributed by atoms with E-state index in [0.717, 1.165) is 11.5 Å². The SMILES string of the molecule is CC(C)(CO)CNc1nccn2ccnc12. The third-order valence-corrected chi connectivity index (χ3v) is 2.47. The summed E-state index contributed by atoms with van der Waals surface area (Å²) in [5, 5.41) is 12.4. The van der Waals surface area contributed by atoms with Crippen molar-refractivity contribution >= 4 is 11.5 Å². The van der Waals surface area contributed by atoms with Gasteiger partial charge < -0.3 is 14.8 Å². The van der Waals surface area contributed by atoms with Gasteiger partial charge in [0.25, 0.3) is 0 Å². The van der Waals surface area contributed by atoms with Crippen LogP contribution in [0, 0.1) is 5.41 Å². The Balaban J connectivity index is 2.18. The van der Waals surface area contributed by atoms with Gasteiger partial charge in [-0.15, -0.1) is 0 Å². The maximum Gasteiger partial charge on any atom is 0.180 e. The molecule has 0 bridgehead atoms. The first-order chi connectivity index (χ1) is 7.62. The van der Waals surface area contributed by atoms with Crippen LogP contribution in [0.5, 0.6) is 0 Å². The molecule has 2 aromatic heterocycles. The molecule has 0 aliphatic rings. The lowest BCUT2D eigenvalue weighted by Crippen LogP contribution is -2.27. The van der Waals surface area contributed by atoms with E-state index in [4.69, 9.17) is 5.11 Å². The van der Waals surface area contributed by atoms with E-state index >= 15 is 0 Å². The summed E-state index contributed by atoms with van der Waals surface area (Å²) >= 11 is 0. The van der Waals surface area contributed by atoms with Crippen molar-refractivity contribution in [1.82, 2.24) is 14.4 Å². The largest absolute Gasteiger partial charge is 0.396 e. The zero-order valence-corrected chi connectivity index (χ0v) is 9.51. The van der Waals surface area contributed by atoms with Crippen LogP contribution in [0.3, 0.4) is 0 Å². The molecule has 0 amide bonds. The highest BCUT2D eigenvalue weighted by molar-refractivity contribution is 5.62. The van der Waals surface area contributed by atoms with Crippen molar-refractivity contribution in [3.8, 4) is 0 Å². The zero-order chi connectivity index (χ0) is 11.6. The van der Waals surface area contributed by atoms with Crippen molar-refractivity contribution in [3.05, 3.63) is 24.8 Å². The molecule has 0 spiro atoms. The molecule has 0 aliphatic carbocycles. The van der Waals surface area contributed by atoms with Crippen LogP contribution in [0.2, 0.25) is 0 Å². The van der Waals surface area contributed by atoms with E-state index in [2.05, 4.69) is 15.3 Å². The Bertz CT molecular complexity index is 478. The van der Waals surface area contributed by atoms with Gasteiger partial charge in [-0.25, -0.2) is 9.97 Å². The number of aliphatic hydroxyl groups excluding tert-OH is 1. The maximum atomic E-state index is 9.16. The number of anilines is 1. The van der Waals surface area contributed by atoms with Gasteiger partial charge >= 0.3 is 0 Å². The Morgan fingerprint density at radius 2 is 2.00 bits per heavy atom. The molecule has 16 heavy (non-hydrogen) atoms. The number of rotatable bonds is 4. The number of imidazole rings is 1. The first-order valence-electron chi connectivity index (χ1n) is 5.25. The Kier molecular flexibility index (Phi) is 2.78. The molecule has 5 nitrogen and oxygen atoms in total. The van der Waals surface area contributed by atoms with E-state index in [-0.39, 0.29) is 12.0 Å². The van der Waals surface area contributed by atoms with Crippen LogP contribution in [0.4, 0.5) is 5.82 Å². The number of aromatic nitrogens is 3. The van der Waals surface area contributed by atoms with Crippen molar-refractivity contribution in [2.24, 2.45) is 5.41 Å². The van der Waals surface area contributed by atoms with E-state index in [1.165, 1.54) is 0 Å². The quantitative estimate of drug-likeness (QED) is 0.811. The normalized spacial score (nSPS) is 11.9. The Morgan fingerprint density at radius 3 is 2.69 bits per heavy atom. The molecule has 86 valence electrons. The average Bonchev–Trinajstić information content (AvgIpc) is 2.75. The lowest BCUT2D eigenvalue weighted by Gasteiger charge is -2.22. The van der Waals surface area contributed by atoms with Crippen molar-refractivity contribution in [1.29, 1.82) is 0 Å². The van der Waals surface area contributed by atoms with Crippen LogP contribution in [0.25, 0.3) is 5.65 Å². The fourth-order valence-corrected chi connectivity index (χ4v) is 1.36. The Labute approximate surface area is 94.2 Å². The van der Waals surface area contributed by atoms with Gasteiger partial charge in [0.05, 0.1) is 0 Å². The van der Waals surface area contributed by atoms with Crippen molar-refractivity contribution < 1.29 is 5.11 Å². The standard InChI is InChI=1S/C11H16N4O/c1-11(2,8-16)7-14-9-10-13-4-6-15(10)5-3-12-9/h3-6,16H,7-8H2,1-2H3,(H,12,14). The van der Waals surface area contributed by atoms with Gasteiger partial charge in [-0.3, -0.25) is 0 Å². The number of hydrogen-bond donors (Lipinski definition) is 2. The second-order valence-electron chi connectivity index (χ2n) is 4.61. The minimum Gasteiger partial charge on any atom is -0.396 e. The van der Waals surface area contributed by atoms with Gasteiger partial charge in [-0.1, -0.05) is 13.8 Å². The lowest BCUT2D eigenvalue weighted by molar-refractivity contribution is 0.171. The third kappa shape index (κ3) is 2.14. The highest BCUT2D eigenvalue weighted by Crippen LogP contribution is 2.16. The minimum atomic E-state index is -0.166. The Hall–Kier alpha value is -1.62. The summed E-state index contributed by atoms with van der Waals surface area (Å²) in [6.07, 6.45) is 7.19. The number of hydrogen-bond acceptors (Lipinski definition) is 4. The highest BCUT2D eigenvalue weighted by atomic mass is 16.3. The summed E-state index contributed by atoms with van der Waals surface area (Å²) in [6, 6.07) is 0. The van der Waals surface area contributed by atoms with Gasteiger partial charge in [0.15, 0.2) is 11.5 Å². The monoisotopic (exact) mass is 220 g/mol. The molecule has 0 aliphatic heterocycles. The molecule has 0 radical (unpaired) electrons. The number of nitrogens with zero attached hydrogens (tertiary/aromatic N) is 3. The molecule has 0 saturated carbocycles. The predicted octanol–water partition coefficient (Wildman–Crippen LogP) is 1.16. The summed E-state index contributed by atoms with van der Waals surface area (Å²) < 4.78 is 1.90. The molecule has 0 saturated heterocycles. The number of fused-ring (bicyclic) bond motifs is 1. The lowest BCUT2D eigenvalue weighted by atomic mass is 9.95. The van der Waals surface area contributed by atoms with Gasteiger partial charge in [-0.2, -0.15) is 0 Å². The highest BCUT2D eigenvalue weighted by Gasteiger charge is 2.16. The van der Waals surface area contributed by atoms with Crippen LogP contribution in [0.1, 0.15) is 13.8 Å². The fourth-order valence-electron chi connectivity index (χ4n) is 1.36. The fraction of sp³-hybridized carbons (Fsp3) is 0.455. The molecule has 0 fully saturated rings. The first-order valence-corrected chi connectivity index (χ1v) is 5.25. The molecule has 2 aromatic rings. The molecule has 0 unspecified atom stereocenters. The van der Waals surface area contributed by atoms with E-state index in [9.17, 15) is 0 Å². The van der Waals surface area contributed by atoms with Gasteiger partial charge in [-0.05, 0) is 0 Å². The summed E-state index contributed by atoms with van der Waals surface area (Å²) in [4.78, 5) is 8.46. The number of nitrogens with one attached hydrogen (secondary N) is 1. The van der Waals surface area contributed by atoms with Crippen LogP contribution >= 0.6 is 0 Å². The van der Waals surface area contributed by atoms with Gasteiger partial charge in [0.2, 0.25) is 0 Å².